The molecule has 1 aliphatic heterocycles. The molecule has 0 fully saturated rings. The molecule has 2 rings (SSSR count). The summed E-state index contributed by atoms with van der Waals surface area (Å²) in [5.74, 6) is -3.05. The second-order valence-corrected chi connectivity index (χ2v) is 10.5. The van der Waals surface area contributed by atoms with Gasteiger partial charge in [0, 0.05) is 13.2 Å². The minimum absolute atomic E-state index is 0.0464. The molecule has 0 unspecified atom stereocenters. The number of carbonyl (C=O) groups is 5. The van der Waals surface area contributed by atoms with E-state index in [4.69, 9.17) is 9.47 Å². The van der Waals surface area contributed by atoms with Crippen molar-refractivity contribution in [3.8, 4) is 5.75 Å². The summed E-state index contributed by atoms with van der Waals surface area (Å²) in [4.78, 5) is 65.7. The van der Waals surface area contributed by atoms with Crippen molar-refractivity contribution in [3.63, 3.8) is 0 Å². The van der Waals surface area contributed by atoms with Crippen molar-refractivity contribution in [2.24, 2.45) is 11.8 Å². The Balaban J connectivity index is 2.42. The lowest BCUT2D eigenvalue weighted by molar-refractivity contribution is -0.134. The number of hydrogen-bond donors (Lipinski definition) is 5. The van der Waals surface area contributed by atoms with Crippen LogP contribution in [0.4, 0.5) is 0 Å². The molecule has 4 atom stereocenters. The van der Waals surface area contributed by atoms with Gasteiger partial charge in [-0.15, -0.1) is 0 Å². The number of carbonyl (C=O) groups excluding carboxylic acids is 5. The predicted molar refractivity (Wildman–Crippen MR) is 148 cm³/mol. The minimum atomic E-state index is -1.24. The molecule has 12 heteroatoms. The first-order valence-corrected chi connectivity index (χ1v) is 13.7. The average Bonchev–Trinajstić information content (AvgIpc) is 2.90. The Hall–Kier alpha value is -3.67. The highest BCUT2D eigenvalue weighted by atomic mass is 16.5. The fourth-order valence-corrected chi connectivity index (χ4v) is 4.06. The largest absolute Gasteiger partial charge is 0.491 e. The summed E-state index contributed by atoms with van der Waals surface area (Å²) in [5.41, 5.74) is 0.162. The van der Waals surface area contributed by atoms with Crippen LogP contribution in [-0.2, 0) is 23.9 Å². The van der Waals surface area contributed by atoms with Gasteiger partial charge in [0.15, 0.2) is 0 Å². The number of nitrogens with one attached hydrogen (secondary N) is 5. The van der Waals surface area contributed by atoms with E-state index in [-0.39, 0.29) is 42.9 Å². The van der Waals surface area contributed by atoms with E-state index in [2.05, 4.69) is 26.6 Å². The van der Waals surface area contributed by atoms with E-state index in [1.54, 1.807) is 58.9 Å². The zero-order valence-electron chi connectivity index (χ0n) is 24.2. The fourth-order valence-electron chi connectivity index (χ4n) is 4.06. The molecule has 0 radical (unpaired) electrons. The maximum atomic E-state index is 13.3. The van der Waals surface area contributed by atoms with Crippen molar-refractivity contribution >= 4 is 29.5 Å². The second-order valence-electron chi connectivity index (χ2n) is 10.5. The van der Waals surface area contributed by atoms with Gasteiger partial charge in [-0.3, -0.25) is 24.0 Å². The van der Waals surface area contributed by atoms with E-state index in [0.717, 1.165) is 0 Å². The quantitative estimate of drug-likeness (QED) is 0.303. The average molecular weight is 562 g/mol. The minimum Gasteiger partial charge on any atom is -0.491 e. The first kappa shape index (κ1) is 32.5. The van der Waals surface area contributed by atoms with Crippen LogP contribution in [0.5, 0.6) is 5.75 Å². The second kappa shape index (κ2) is 15.8. The Morgan fingerprint density at radius 2 is 1.60 bits per heavy atom. The summed E-state index contributed by atoms with van der Waals surface area (Å²) in [6, 6.07) is 2.96. The molecule has 40 heavy (non-hydrogen) atoms. The Bertz CT molecular complexity index is 1050. The molecule has 1 aromatic rings. The Morgan fingerprint density at radius 3 is 2.25 bits per heavy atom. The van der Waals surface area contributed by atoms with E-state index in [1.807, 2.05) is 6.92 Å². The number of amides is 5. The zero-order valence-corrected chi connectivity index (χ0v) is 24.2. The monoisotopic (exact) mass is 561 g/mol. The van der Waals surface area contributed by atoms with E-state index < -0.39 is 60.1 Å². The van der Waals surface area contributed by atoms with Gasteiger partial charge in [0.2, 0.25) is 23.6 Å². The third-order valence-electron chi connectivity index (χ3n) is 6.28. The standard InChI is InChI=1S/C28H43N5O7/c1-7-39-13-12-29-26(36)20-14-22(34)32-23(16(2)3)28(38)33-24(17(4)5)27(37)30-18(6)15-40-21-11-9-8-10-19(21)25(35)31-20/h8-11,16-18,20,23-24H,7,12-15H2,1-6H3,(H,29,36)(H,30,37)(H,31,35)(H,32,34)(H,33,38)/t18-,20-,23-,24+/m0/s1. The lowest BCUT2D eigenvalue weighted by atomic mass is 9.99. The van der Waals surface area contributed by atoms with Gasteiger partial charge in [-0.2, -0.15) is 0 Å². The van der Waals surface area contributed by atoms with Crippen molar-refractivity contribution < 1.29 is 33.4 Å². The topological polar surface area (TPSA) is 164 Å². The number of benzene rings is 1. The summed E-state index contributed by atoms with van der Waals surface area (Å²) in [5, 5.41) is 13.6. The van der Waals surface area contributed by atoms with E-state index >= 15 is 0 Å². The van der Waals surface area contributed by atoms with E-state index in [0.29, 0.717) is 6.61 Å². The van der Waals surface area contributed by atoms with Crippen LogP contribution in [0, 0.1) is 11.8 Å². The maximum absolute atomic E-state index is 13.3. The highest BCUT2D eigenvalue weighted by Gasteiger charge is 2.33. The molecule has 12 nitrogen and oxygen atoms in total. The van der Waals surface area contributed by atoms with Crippen LogP contribution < -0.4 is 31.3 Å². The highest BCUT2D eigenvalue weighted by molar-refractivity contribution is 6.01. The molecule has 0 saturated carbocycles. The lowest BCUT2D eigenvalue weighted by Crippen LogP contribution is -2.58. The summed E-state index contributed by atoms with van der Waals surface area (Å²) in [7, 11) is 0. The van der Waals surface area contributed by atoms with Gasteiger partial charge in [-0.1, -0.05) is 39.8 Å². The van der Waals surface area contributed by atoms with E-state index in [1.165, 1.54) is 0 Å². The predicted octanol–water partition coefficient (Wildman–Crippen LogP) is 0.507. The van der Waals surface area contributed by atoms with Crippen LogP contribution in [0.2, 0.25) is 0 Å². The lowest BCUT2D eigenvalue weighted by Gasteiger charge is -2.28. The first-order chi connectivity index (χ1) is 18.9. The van der Waals surface area contributed by atoms with Crippen molar-refractivity contribution in [3.05, 3.63) is 29.8 Å². The number of rotatable bonds is 7. The normalized spacial score (nSPS) is 23.2. The first-order valence-electron chi connectivity index (χ1n) is 13.7. The molecule has 0 spiro atoms. The van der Waals surface area contributed by atoms with Crippen LogP contribution in [0.3, 0.4) is 0 Å². The maximum Gasteiger partial charge on any atom is 0.255 e. The molecule has 0 aliphatic carbocycles. The van der Waals surface area contributed by atoms with Gasteiger partial charge in [-0.05, 0) is 37.8 Å². The molecular formula is C28H43N5O7. The molecule has 1 heterocycles. The van der Waals surface area contributed by atoms with Crippen molar-refractivity contribution in [1.82, 2.24) is 26.6 Å². The highest BCUT2D eigenvalue weighted by Crippen LogP contribution is 2.19. The van der Waals surface area contributed by atoms with Gasteiger partial charge in [-0.25, -0.2) is 0 Å². The fraction of sp³-hybridized carbons (Fsp3) is 0.607. The van der Waals surface area contributed by atoms with Crippen molar-refractivity contribution in [2.45, 2.75) is 72.1 Å². The number of para-hydroxylation sites is 1. The van der Waals surface area contributed by atoms with Crippen LogP contribution >= 0.6 is 0 Å². The number of hydrogen-bond acceptors (Lipinski definition) is 7. The van der Waals surface area contributed by atoms with Gasteiger partial charge < -0.3 is 36.1 Å². The molecule has 5 N–H and O–H groups in total. The van der Waals surface area contributed by atoms with Gasteiger partial charge in [0.1, 0.15) is 30.5 Å². The van der Waals surface area contributed by atoms with Crippen LogP contribution in [-0.4, -0.2) is 80.1 Å². The van der Waals surface area contributed by atoms with Crippen LogP contribution in [0.15, 0.2) is 24.3 Å². The van der Waals surface area contributed by atoms with Crippen LogP contribution in [0.1, 0.15) is 58.3 Å². The number of fused-ring (bicyclic) bond motifs is 1. The Morgan fingerprint density at radius 1 is 0.975 bits per heavy atom. The molecule has 222 valence electrons. The summed E-state index contributed by atoms with van der Waals surface area (Å²) < 4.78 is 11.1. The molecule has 1 aromatic carbocycles. The Kier molecular flexibility index (Phi) is 12.9. The SMILES string of the molecule is CCOCCNC(=O)[C@@H]1CC(=O)N[C@@H](C(C)C)C(=O)N[C@H](C(C)C)C(=O)N[C@@H](C)COc2ccccc2C(=O)N1. The Labute approximate surface area is 235 Å². The number of ether oxygens (including phenoxy) is 2. The third kappa shape index (κ3) is 9.82. The van der Waals surface area contributed by atoms with Crippen molar-refractivity contribution in [1.29, 1.82) is 0 Å². The smallest absolute Gasteiger partial charge is 0.255 e. The summed E-state index contributed by atoms with van der Waals surface area (Å²) in [6.45, 7) is 11.7. The molecule has 0 bridgehead atoms. The molecule has 0 saturated heterocycles. The van der Waals surface area contributed by atoms with Gasteiger partial charge in [0.05, 0.1) is 24.6 Å². The van der Waals surface area contributed by atoms with Gasteiger partial charge in [0.25, 0.3) is 5.91 Å². The summed E-state index contributed by atoms with van der Waals surface area (Å²) >= 11 is 0. The third-order valence-corrected chi connectivity index (χ3v) is 6.28. The van der Waals surface area contributed by atoms with Crippen LogP contribution in [0.25, 0.3) is 0 Å². The summed E-state index contributed by atoms with van der Waals surface area (Å²) in [6.07, 6.45) is -0.420. The molecule has 1 aliphatic rings. The van der Waals surface area contributed by atoms with Crippen molar-refractivity contribution in [2.75, 3.05) is 26.4 Å². The van der Waals surface area contributed by atoms with E-state index in [9.17, 15) is 24.0 Å². The molecule has 5 amide bonds. The zero-order chi connectivity index (χ0) is 29.8. The van der Waals surface area contributed by atoms with Gasteiger partial charge >= 0.3 is 0 Å². The molecular weight excluding hydrogens is 518 g/mol. The molecule has 0 aromatic heterocycles.